The minimum absolute atomic E-state index is 0. The maximum atomic E-state index is 13.0. The molecule has 3 aromatic rings. The molecule has 1 aromatic heterocycles. The third kappa shape index (κ3) is 4.47. The van der Waals surface area contributed by atoms with E-state index in [4.69, 9.17) is 16.3 Å². The van der Waals surface area contributed by atoms with E-state index in [9.17, 15) is 14.7 Å². The lowest BCUT2D eigenvalue weighted by atomic mass is 9.95. The van der Waals surface area contributed by atoms with Gasteiger partial charge in [0.15, 0.2) is 0 Å². The molecule has 0 spiro atoms. The van der Waals surface area contributed by atoms with E-state index in [0.717, 1.165) is 5.56 Å². The zero-order chi connectivity index (χ0) is 22.0. The van der Waals surface area contributed by atoms with E-state index in [0.29, 0.717) is 21.9 Å². The number of amides is 1. The molecule has 4 rings (SSSR count). The third-order valence-electron chi connectivity index (χ3n) is 5.16. The molecular formula is C24H20Cl2N2O4. The van der Waals surface area contributed by atoms with Crippen molar-refractivity contribution in [2.45, 2.75) is 12.6 Å². The summed E-state index contributed by atoms with van der Waals surface area (Å²) in [5.41, 5.74) is 1.89. The molecule has 1 atom stereocenters. The quantitative estimate of drug-likeness (QED) is 0.329. The molecule has 0 aliphatic carbocycles. The molecule has 0 saturated carbocycles. The highest BCUT2D eigenvalue weighted by atomic mass is 35.5. The Morgan fingerprint density at radius 2 is 1.78 bits per heavy atom. The summed E-state index contributed by atoms with van der Waals surface area (Å²) in [6, 6.07) is 16.3. The number of ketones is 1. The van der Waals surface area contributed by atoms with E-state index in [1.54, 1.807) is 74.1 Å². The van der Waals surface area contributed by atoms with Crippen LogP contribution in [-0.2, 0) is 16.1 Å². The van der Waals surface area contributed by atoms with Gasteiger partial charge < -0.3 is 14.7 Å². The molecule has 6 nitrogen and oxygen atoms in total. The highest BCUT2D eigenvalue weighted by Gasteiger charge is 2.46. The SMILES string of the molecule is COc1ccc(C2C(=C(O)c3ccc(Cl)cc3)C(=O)C(=O)N2Cc2cccnc2)cc1.Cl. The van der Waals surface area contributed by atoms with E-state index in [1.807, 2.05) is 6.07 Å². The summed E-state index contributed by atoms with van der Waals surface area (Å²) >= 11 is 5.95. The summed E-state index contributed by atoms with van der Waals surface area (Å²) in [4.78, 5) is 31.5. The Balaban J connectivity index is 0.00000289. The van der Waals surface area contributed by atoms with Gasteiger partial charge in [0.1, 0.15) is 11.5 Å². The van der Waals surface area contributed by atoms with Crippen LogP contribution in [0.15, 0.2) is 78.6 Å². The lowest BCUT2D eigenvalue weighted by molar-refractivity contribution is -0.140. The molecule has 2 heterocycles. The van der Waals surface area contributed by atoms with Crippen molar-refractivity contribution in [1.29, 1.82) is 0 Å². The standard InChI is InChI=1S/C24H19ClN2O4.ClH/c1-31-19-10-6-16(7-11-19)21-20(22(28)17-4-8-18(25)9-5-17)23(29)24(30)27(21)14-15-3-2-12-26-13-15;/h2-13,21,28H,14H2,1H3;1H. The van der Waals surface area contributed by atoms with E-state index in [-0.39, 0.29) is 30.3 Å². The number of aliphatic hydroxyl groups excluding tert-OH is 1. The number of carbonyl (C=O) groups is 2. The summed E-state index contributed by atoms with van der Waals surface area (Å²) in [6.07, 6.45) is 3.28. The molecule has 164 valence electrons. The van der Waals surface area contributed by atoms with Gasteiger partial charge >= 0.3 is 0 Å². The minimum Gasteiger partial charge on any atom is -0.507 e. The highest BCUT2D eigenvalue weighted by molar-refractivity contribution is 6.46. The monoisotopic (exact) mass is 470 g/mol. The first-order valence-corrected chi connectivity index (χ1v) is 9.94. The van der Waals surface area contributed by atoms with Gasteiger partial charge in [-0.1, -0.05) is 29.8 Å². The molecule has 2 aromatic carbocycles. The van der Waals surface area contributed by atoms with Gasteiger partial charge in [0, 0.05) is 29.5 Å². The van der Waals surface area contributed by atoms with Crippen LogP contribution in [0.2, 0.25) is 5.02 Å². The van der Waals surface area contributed by atoms with Gasteiger partial charge in [-0.05, 0) is 53.6 Å². The fourth-order valence-corrected chi connectivity index (χ4v) is 3.75. The molecular weight excluding hydrogens is 451 g/mol. The number of aliphatic hydroxyl groups is 1. The Kier molecular flexibility index (Phi) is 7.18. The van der Waals surface area contributed by atoms with Crippen LogP contribution in [0.25, 0.3) is 5.76 Å². The number of carbonyl (C=O) groups excluding carboxylic acids is 2. The number of benzene rings is 2. The van der Waals surface area contributed by atoms with Crippen LogP contribution >= 0.6 is 24.0 Å². The topological polar surface area (TPSA) is 79.7 Å². The first kappa shape index (κ1) is 23.3. The second-order valence-electron chi connectivity index (χ2n) is 7.07. The van der Waals surface area contributed by atoms with Crippen molar-refractivity contribution < 1.29 is 19.4 Å². The van der Waals surface area contributed by atoms with Crippen LogP contribution in [0.4, 0.5) is 0 Å². The van der Waals surface area contributed by atoms with Gasteiger partial charge in [-0.2, -0.15) is 0 Å². The van der Waals surface area contributed by atoms with Gasteiger partial charge in [-0.3, -0.25) is 14.6 Å². The molecule has 1 amide bonds. The predicted octanol–water partition coefficient (Wildman–Crippen LogP) is 4.79. The fraction of sp³-hybridized carbons (Fsp3) is 0.125. The fourth-order valence-electron chi connectivity index (χ4n) is 3.63. The number of aromatic nitrogens is 1. The van der Waals surface area contributed by atoms with Crippen LogP contribution in [-0.4, -0.2) is 33.8 Å². The first-order chi connectivity index (χ1) is 15.0. The summed E-state index contributed by atoms with van der Waals surface area (Å²) in [7, 11) is 1.56. The van der Waals surface area contributed by atoms with E-state index < -0.39 is 17.7 Å². The van der Waals surface area contributed by atoms with Crippen LogP contribution in [0.1, 0.15) is 22.7 Å². The van der Waals surface area contributed by atoms with Crippen molar-refractivity contribution >= 4 is 41.5 Å². The second-order valence-corrected chi connectivity index (χ2v) is 7.50. The largest absolute Gasteiger partial charge is 0.507 e. The number of likely N-dealkylation sites (tertiary alicyclic amines) is 1. The Hall–Kier alpha value is -3.35. The molecule has 1 fully saturated rings. The third-order valence-corrected chi connectivity index (χ3v) is 5.42. The summed E-state index contributed by atoms with van der Waals surface area (Å²) in [6.45, 7) is 0.173. The lowest BCUT2D eigenvalue weighted by Crippen LogP contribution is -2.29. The maximum Gasteiger partial charge on any atom is 0.295 e. The molecule has 1 saturated heterocycles. The Labute approximate surface area is 196 Å². The van der Waals surface area contributed by atoms with Crippen LogP contribution in [0.5, 0.6) is 5.75 Å². The second kappa shape index (κ2) is 9.85. The van der Waals surface area contributed by atoms with Crippen molar-refractivity contribution in [2.24, 2.45) is 0 Å². The average molecular weight is 471 g/mol. The number of halogens is 2. The normalized spacial score (nSPS) is 17.2. The molecule has 1 unspecified atom stereocenters. The van der Waals surface area contributed by atoms with Crippen molar-refractivity contribution in [3.05, 3.63) is 100 Å². The van der Waals surface area contributed by atoms with Crippen molar-refractivity contribution in [3.8, 4) is 5.75 Å². The van der Waals surface area contributed by atoms with Crippen LogP contribution in [0.3, 0.4) is 0 Å². The smallest absolute Gasteiger partial charge is 0.295 e. The van der Waals surface area contributed by atoms with E-state index in [2.05, 4.69) is 4.98 Å². The number of ether oxygens (including phenoxy) is 1. The maximum absolute atomic E-state index is 13.0. The van der Waals surface area contributed by atoms with Gasteiger partial charge in [-0.15, -0.1) is 12.4 Å². The molecule has 1 aliphatic heterocycles. The Bertz CT molecular complexity index is 1150. The number of nitrogens with zero attached hydrogens (tertiary/aromatic N) is 2. The number of Topliss-reactive ketones (excluding diaryl/α,β-unsaturated/α-hetero) is 1. The van der Waals surface area contributed by atoms with Crippen molar-refractivity contribution in [1.82, 2.24) is 9.88 Å². The number of hydrogen-bond acceptors (Lipinski definition) is 5. The average Bonchev–Trinajstić information content (AvgIpc) is 3.05. The van der Waals surface area contributed by atoms with Crippen molar-refractivity contribution in [2.75, 3.05) is 7.11 Å². The zero-order valence-electron chi connectivity index (χ0n) is 17.1. The summed E-state index contributed by atoms with van der Waals surface area (Å²) in [5.74, 6) is -1.02. The molecule has 0 radical (unpaired) electrons. The van der Waals surface area contributed by atoms with Gasteiger partial charge in [-0.25, -0.2) is 0 Å². The zero-order valence-corrected chi connectivity index (χ0v) is 18.6. The van der Waals surface area contributed by atoms with Crippen LogP contribution < -0.4 is 4.74 Å². The van der Waals surface area contributed by atoms with Gasteiger partial charge in [0.05, 0.1) is 18.7 Å². The van der Waals surface area contributed by atoms with Crippen LogP contribution in [0, 0.1) is 0 Å². The predicted molar refractivity (Wildman–Crippen MR) is 124 cm³/mol. The minimum atomic E-state index is -0.762. The first-order valence-electron chi connectivity index (χ1n) is 9.57. The molecule has 0 bridgehead atoms. The molecule has 8 heteroatoms. The molecule has 1 aliphatic rings. The number of methoxy groups -OCH3 is 1. The number of rotatable bonds is 5. The summed E-state index contributed by atoms with van der Waals surface area (Å²) in [5, 5.41) is 11.5. The lowest BCUT2D eigenvalue weighted by Gasteiger charge is -2.25. The van der Waals surface area contributed by atoms with Gasteiger partial charge in [0.2, 0.25) is 0 Å². The number of pyridine rings is 1. The molecule has 32 heavy (non-hydrogen) atoms. The summed E-state index contributed by atoms with van der Waals surface area (Å²) < 4.78 is 5.22. The number of hydrogen-bond donors (Lipinski definition) is 1. The van der Waals surface area contributed by atoms with E-state index >= 15 is 0 Å². The molecule has 1 N–H and O–H groups in total. The Morgan fingerprint density at radius 3 is 2.38 bits per heavy atom. The Morgan fingerprint density at radius 1 is 1.09 bits per heavy atom. The highest BCUT2D eigenvalue weighted by Crippen LogP contribution is 2.40. The van der Waals surface area contributed by atoms with Gasteiger partial charge in [0.25, 0.3) is 11.7 Å². The van der Waals surface area contributed by atoms with Crippen molar-refractivity contribution in [3.63, 3.8) is 0 Å². The van der Waals surface area contributed by atoms with E-state index in [1.165, 1.54) is 4.90 Å².